The van der Waals surface area contributed by atoms with Crippen LogP contribution in [-0.4, -0.2) is 34.5 Å². The maximum Gasteiger partial charge on any atom is 0.0646 e. The van der Waals surface area contributed by atoms with E-state index in [4.69, 9.17) is 0 Å². The molecule has 0 radical (unpaired) electrons. The average Bonchev–Trinajstić information content (AvgIpc) is 2.83. The van der Waals surface area contributed by atoms with Crippen LogP contribution < -0.4 is 0 Å². The van der Waals surface area contributed by atoms with Crippen LogP contribution in [-0.2, 0) is 0 Å². The van der Waals surface area contributed by atoms with Crippen molar-refractivity contribution in [3.63, 3.8) is 0 Å². The molecule has 1 N–H and O–H groups in total. The van der Waals surface area contributed by atoms with Crippen LogP contribution in [0.25, 0.3) is 16.5 Å². The highest BCUT2D eigenvalue weighted by molar-refractivity contribution is 5.92. The molecule has 100 valence electrons. The predicted octanol–water partition coefficient (Wildman–Crippen LogP) is 3.31. The van der Waals surface area contributed by atoms with Gasteiger partial charge in [-0.3, -0.25) is 9.88 Å². The fraction of sp³-hybridized carbons (Fsp3) is 0.438. The van der Waals surface area contributed by atoms with E-state index in [2.05, 4.69) is 47.1 Å². The van der Waals surface area contributed by atoms with E-state index >= 15 is 0 Å². The molecule has 0 fully saturated rings. The molecule has 0 amide bonds. The molecule has 1 aliphatic rings. The largest absolute Gasteiger partial charge is 0.359 e. The van der Waals surface area contributed by atoms with Gasteiger partial charge >= 0.3 is 0 Å². The lowest BCUT2D eigenvalue weighted by Crippen LogP contribution is -2.31. The molecule has 0 aromatic carbocycles. The van der Waals surface area contributed by atoms with Gasteiger partial charge in [0.05, 0.1) is 11.7 Å². The molecular formula is C16H21N3. The molecule has 19 heavy (non-hydrogen) atoms. The molecule has 2 aromatic rings. The second-order valence-electron chi connectivity index (χ2n) is 5.76. The van der Waals surface area contributed by atoms with Crippen molar-refractivity contribution >= 4 is 16.5 Å². The number of hydrogen-bond acceptors (Lipinski definition) is 2. The van der Waals surface area contributed by atoms with E-state index in [-0.39, 0.29) is 0 Å². The fourth-order valence-electron chi connectivity index (χ4n) is 2.88. The standard InChI is InChI=1S/C16H21N3/c1-12(2)11-19-7-4-13(5-8-19)15-9-18-16-10-17-6-3-14(15)16/h3-4,6,9-10,12,18H,5,7-8,11H2,1-2H3. The summed E-state index contributed by atoms with van der Waals surface area (Å²) in [6.07, 6.45) is 9.41. The van der Waals surface area contributed by atoms with Crippen molar-refractivity contribution in [2.24, 2.45) is 5.92 Å². The van der Waals surface area contributed by atoms with Crippen molar-refractivity contribution in [3.8, 4) is 0 Å². The highest BCUT2D eigenvalue weighted by atomic mass is 15.1. The molecule has 0 unspecified atom stereocenters. The minimum atomic E-state index is 0.745. The number of nitrogens with zero attached hydrogens (tertiary/aromatic N) is 2. The molecule has 0 saturated carbocycles. The summed E-state index contributed by atoms with van der Waals surface area (Å²) in [5.41, 5.74) is 3.95. The first-order valence-electron chi connectivity index (χ1n) is 7.07. The van der Waals surface area contributed by atoms with Crippen LogP contribution in [0.5, 0.6) is 0 Å². The minimum absolute atomic E-state index is 0.745. The van der Waals surface area contributed by atoms with E-state index in [0.717, 1.165) is 24.4 Å². The monoisotopic (exact) mass is 255 g/mol. The third-order valence-electron chi connectivity index (χ3n) is 3.75. The zero-order chi connectivity index (χ0) is 13.2. The van der Waals surface area contributed by atoms with Crippen molar-refractivity contribution < 1.29 is 0 Å². The topological polar surface area (TPSA) is 31.9 Å². The summed E-state index contributed by atoms with van der Waals surface area (Å²) in [6, 6.07) is 2.10. The summed E-state index contributed by atoms with van der Waals surface area (Å²) in [4.78, 5) is 10.0. The average molecular weight is 255 g/mol. The maximum atomic E-state index is 4.16. The molecule has 1 aliphatic heterocycles. The zero-order valence-corrected chi connectivity index (χ0v) is 11.7. The van der Waals surface area contributed by atoms with Gasteiger partial charge in [0.1, 0.15) is 0 Å². The number of aromatic nitrogens is 2. The third-order valence-corrected chi connectivity index (χ3v) is 3.75. The van der Waals surface area contributed by atoms with Crippen LogP contribution in [0.1, 0.15) is 25.8 Å². The number of nitrogens with one attached hydrogen (secondary N) is 1. The van der Waals surface area contributed by atoms with Crippen molar-refractivity contribution in [2.75, 3.05) is 19.6 Å². The zero-order valence-electron chi connectivity index (χ0n) is 11.7. The molecule has 3 nitrogen and oxygen atoms in total. The first-order valence-corrected chi connectivity index (χ1v) is 7.07. The van der Waals surface area contributed by atoms with Gasteiger partial charge in [-0.05, 0) is 24.0 Å². The van der Waals surface area contributed by atoms with E-state index in [1.807, 2.05) is 12.4 Å². The molecule has 3 rings (SSSR count). The normalized spacial score (nSPS) is 17.1. The molecule has 3 heteroatoms. The number of hydrogen-bond donors (Lipinski definition) is 1. The van der Waals surface area contributed by atoms with Crippen LogP contribution in [0.2, 0.25) is 0 Å². The number of pyridine rings is 1. The molecule has 2 aromatic heterocycles. The Kier molecular flexibility index (Phi) is 3.38. The highest BCUT2D eigenvalue weighted by Crippen LogP contribution is 2.28. The Morgan fingerprint density at radius 1 is 1.42 bits per heavy atom. The van der Waals surface area contributed by atoms with E-state index in [0.29, 0.717) is 0 Å². The van der Waals surface area contributed by atoms with Crippen LogP contribution in [0.3, 0.4) is 0 Å². The van der Waals surface area contributed by atoms with Crippen molar-refractivity contribution in [1.29, 1.82) is 0 Å². The smallest absolute Gasteiger partial charge is 0.0646 e. The molecule has 0 saturated heterocycles. The van der Waals surface area contributed by atoms with Crippen LogP contribution in [0.15, 0.2) is 30.7 Å². The minimum Gasteiger partial charge on any atom is -0.359 e. The maximum absolute atomic E-state index is 4.16. The molecule has 0 atom stereocenters. The second-order valence-corrected chi connectivity index (χ2v) is 5.76. The van der Waals surface area contributed by atoms with Crippen LogP contribution in [0.4, 0.5) is 0 Å². The first kappa shape index (κ1) is 12.4. The van der Waals surface area contributed by atoms with E-state index in [1.165, 1.54) is 29.6 Å². The summed E-state index contributed by atoms with van der Waals surface area (Å²) < 4.78 is 0. The lowest BCUT2D eigenvalue weighted by atomic mass is 9.99. The summed E-state index contributed by atoms with van der Waals surface area (Å²) in [5, 5.41) is 1.29. The van der Waals surface area contributed by atoms with Gasteiger partial charge < -0.3 is 4.98 Å². The van der Waals surface area contributed by atoms with Crippen LogP contribution >= 0.6 is 0 Å². The summed E-state index contributed by atoms with van der Waals surface area (Å²) in [5.74, 6) is 0.745. The number of aromatic amines is 1. The number of fused-ring (bicyclic) bond motifs is 1. The quantitative estimate of drug-likeness (QED) is 0.912. The van der Waals surface area contributed by atoms with E-state index in [1.54, 1.807) is 0 Å². The second kappa shape index (κ2) is 5.17. The van der Waals surface area contributed by atoms with E-state index in [9.17, 15) is 0 Å². The molecular weight excluding hydrogens is 234 g/mol. The molecule has 3 heterocycles. The van der Waals surface area contributed by atoms with E-state index < -0.39 is 0 Å². The summed E-state index contributed by atoms with van der Waals surface area (Å²) in [6.45, 7) is 8.01. The van der Waals surface area contributed by atoms with Crippen LogP contribution in [0, 0.1) is 5.92 Å². The number of H-pyrrole nitrogens is 1. The molecule has 0 bridgehead atoms. The Bertz CT molecular complexity index is 595. The summed E-state index contributed by atoms with van der Waals surface area (Å²) in [7, 11) is 0. The van der Waals surface area contributed by atoms with Crippen molar-refractivity contribution in [3.05, 3.63) is 36.3 Å². The van der Waals surface area contributed by atoms with Crippen molar-refractivity contribution in [2.45, 2.75) is 20.3 Å². The van der Waals surface area contributed by atoms with Gasteiger partial charge in [0, 0.05) is 43.0 Å². The van der Waals surface area contributed by atoms with Gasteiger partial charge in [-0.2, -0.15) is 0 Å². The van der Waals surface area contributed by atoms with Gasteiger partial charge in [-0.1, -0.05) is 19.9 Å². The van der Waals surface area contributed by atoms with Gasteiger partial charge in [0.25, 0.3) is 0 Å². The Morgan fingerprint density at radius 3 is 3.05 bits per heavy atom. The van der Waals surface area contributed by atoms with Gasteiger partial charge in [0.2, 0.25) is 0 Å². The predicted molar refractivity (Wildman–Crippen MR) is 80.0 cm³/mol. The SMILES string of the molecule is CC(C)CN1CC=C(c2c[nH]c3cnccc23)CC1. The van der Waals surface area contributed by atoms with Gasteiger partial charge in [-0.15, -0.1) is 0 Å². The van der Waals surface area contributed by atoms with Gasteiger partial charge in [0.15, 0.2) is 0 Å². The van der Waals surface area contributed by atoms with Crippen molar-refractivity contribution in [1.82, 2.24) is 14.9 Å². The van der Waals surface area contributed by atoms with Gasteiger partial charge in [-0.25, -0.2) is 0 Å². The third kappa shape index (κ3) is 2.56. The molecule has 0 aliphatic carbocycles. The lowest BCUT2D eigenvalue weighted by molar-refractivity contribution is 0.268. The summed E-state index contributed by atoms with van der Waals surface area (Å²) >= 11 is 0. The lowest BCUT2D eigenvalue weighted by Gasteiger charge is -2.27. The number of rotatable bonds is 3. The highest BCUT2D eigenvalue weighted by Gasteiger charge is 2.15. The molecule has 0 spiro atoms. The Balaban J connectivity index is 1.82. The fourth-order valence-corrected chi connectivity index (χ4v) is 2.88. The Morgan fingerprint density at radius 2 is 2.32 bits per heavy atom. The Hall–Kier alpha value is -1.61. The Labute approximate surface area is 114 Å². The first-order chi connectivity index (χ1) is 9.24.